The second-order valence-corrected chi connectivity index (χ2v) is 7.10. The van der Waals surface area contributed by atoms with Gasteiger partial charge in [-0.2, -0.15) is 4.57 Å². The lowest BCUT2D eigenvalue weighted by Gasteiger charge is -2.07. The van der Waals surface area contributed by atoms with Crippen molar-refractivity contribution in [2.45, 2.75) is 0 Å². The summed E-state index contributed by atoms with van der Waals surface area (Å²) in [6, 6.07) is 30.3. The van der Waals surface area contributed by atoms with Crippen molar-refractivity contribution in [1.82, 2.24) is 0 Å². The summed E-state index contributed by atoms with van der Waals surface area (Å²) in [6.45, 7) is 0. The Hall–Kier alpha value is -2.71. The van der Waals surface area contributed by atoms with E-state index in [-0.39, 0.29) is 0 Å². The molecule has 0 saturated carbocycles. The van der Waals surface area contributed by atoms with E-state index in [0.29, 0.717) is 0 Å². The van der Waals surface area contributed by atoms with Gasteiger partial charge >= 0.3 is 0 Å². The van der Waals surface area contributed by atoms with Crippen molar-refractivity contribution >= 4 is 48.2 Å². The van der Waals surface area contributed by atoms with E-state index in [1.165, 1.54) is 38.0 Å². The number of fused-ring (bicyclic) bond motifs is 3. The normalized spacial score (nSPS) is 11.4. The average Bonchev–Trinajstić information content (AvgIpc) is 2.65. The zero-order valence-electron chi connectivity index (χ0n) is 13.5. The zero-order valence-corrected chi connectivity index (χ0v) is 15.1. The molecule has 2 heteroatoms. The number of aromatic nitrogens is 1. The Morgan fingerprint density at radius 3 is 1.96 bits per heavy atom. The molecule has 118 valence electrons. The summed E-state index contributed by atoms with van der Waals surface area (Å²) in [7, 11) is 0. The van der Waals surface area contributed by atoms with Crippen molar-refractivity contribution in [3.63, 3.8) is 0 Å². The standard InChI is InChI=1S/C23H15BrN/c24-23-10-3-4-11-25(23)22-9-5-8-18-14-19-12-16-6-1-2-7-17(16)13-20(19)15-21(18)22/h1-15H/q+1. The van der Waals surface area contributed by atoms with E-state index in [1.807, 2.05) is 6.07 Å². The van der Waals surface area contributed by atoms with E-state index in [2.05, 4.69) is 106 Å². The molecule has 0 saturated heterocycles. The highest BCUT2D eigenvalue weighted by Gasteiger charge is 2.14. The minimum Gasteiger partial charge on any atom is -0.154 e. The maximum absolute atomic E-state index is 3.66. The maximum atomic E-state index is 3.66. The third-order valence-electron chi connectivity index (χ3n) is 4.75. The number of hydrogen-bond acceptors (Lipinski definition) is 0. The van der Waals surface area contributed by atoms with E-state index in [9.17, 15) is 0 Å². The predicted octanol–water partition coefficient (Wildman–Crippen LogP) is 6.19. The molecule has 0 atom stereocenters. The molecule has 25 heavy (non-hydrogen) atoms. The Bertz CT molecular complexity index is 1260. The third-order valence-corrected chi connectivity index (χ3v) is 5.40. The van der Waals surface area contributed by atoms with Gasteiger partial charge in [0.25, 0.3) is 4.60 Å². The summed E-state index contributed by atoms with van der Waals surface area (Å²) >= 11 is 3.66. The average molecular weight is 385 g/mol. The summed E-state index contributed by atoms with van der Waals surface area (Å²) in [5.74, 6) is 0. The van der Waals surface area contributed by atoms with Crippen molar-refractivity contribution in [2.75, 3.05) is 0 Å². The maximum Gasteiger partial charge on any atom is 0.253 e. The Balaban J connectivity index is 1.87. The minimum absolute atomic E-state index is 1.04. The SMILES string of the molecule is Brc1cccc[n+]1-c1cccc2cc3cc4ccccc4cc3cc12. The highest BCUT2D eigenvalue weighted by Crippen LogP contribution is 2.29. The first-order chi connectivity index (χ1) is 12.3. The van der Waals surface area contributed by atoms with Crippen LogP contribution in [-0.4, -0.2) is 0 Å². The van der Waals surface area contributed by atoms with Gasteiger partial charge in [-0.1, -0.05) is 36.4 Å². The van der Waals surface area contributed by atoms with Gasteiger partial charge < -0.3 is 0 Å². The van der Waals surface area contributed by atoms with Gasteiger partial charge in [-0.15, -0.1) is 0 Å². The lowest BCUT2D eigenvalue weighted by atomic mass is 9.99. The van der Waals surface area contributed by atoms with Crippen LogP contribution in [0.1, 0.15) is 0 Å². The van der Waals surface area contributed by atoms with Gasteiger partial charge in [0.2, 0.25) is 5.69 Å². The third kappa shape index (κ3) is 2.41. The molecule has 0 amide bonds. The topological polar surface area (TPSA) is 3.88 Å². The van der Waals surface area contributed by atoms with Crippen LogP contribution in [0, 0.1) is 0 Å². The van der Waals surface area contributed by atoms with Gasteiger partial charge in [0.1, 0.15) is 0 Å². The molecule has 5 aromatic rings. The summed E-state index contributed by atoms with van der Waals surface area (Å²) in [5.41, 5.74) is 1.18. The van der Waals surface area contributed by atoms with Gasteiger partial charge in [-0.3, -0.25) is 0 Å². The molecule has 0 aliphatic rings. The number of pyridine rings is 1. The summed E-state index contributed by atoms with van der Waals surface area (Å²) in [5, 5.41) is 7.61. The van der Waals surface area contributed by atoms with E-state index >= 15 is 0 Å². The van der Waals surface area contributed by atoms with Gasteiger partial charge in [-0.25, -0.2) is 0 Å². The lowest BCUT2D eigenvalue weighted by Crippen LogP contribution is -2.31. The molecule has 5 rings (SSSR count). The highest BCUT2D eigenvalue weighted by molar-refractivity contribution is 9.10. The largest absolute Gasteiger partial charge is 0.253 e. The van der Waals surface area contributed by atoms with Crippen LogP contribution in [0.25, 0.3) is 38.0 Å². The fourth-order valence-corrected chi connectivity index (χ4v) is 3.99. The van der Waals surface area contributed by atoms with Crippen molar-refractivity contribution in [3.05, 3.63) is 95.7 Å². The molecule has 1 nitrogen and oxygen atoms in total. The minimum atomic E-state index is 1.04. The first-order valence-electron chi connectivity index (χ1n) is 8.31. The Morgan fingerprint density at radius 1 is 0.560 bits per heavy atom. The fourth-order valence-electron chi connectivity index (χ4n) is 3.53. The van der Waals surface area contributed by atoms with Crippen molar-refractivity contribution in [2.24, 2.45) is 0 Å². The van der Waals surface area contributed by atoms with Crippen LogP contribution in [-0.2, 0) is 0 Å². The van der Waals surface area contributed by atoms with Crippen LogP contribution in [0.4, 0.5) is 0 Å². The molecule has 0 unspecified atom stereocenters. The lowest BCUT2D eigenvalue weighted by molar-refractivity contribution is -0.606. The molecule has 0 spiro atoms. The van der Waals surface area contributed by atoms with E-state index in [0.717, 1.165) is 4.60 Å². The quantitative estimate of drug-likeness (QED) is 0.184. The number of rotatable bonds is 1. The van der Waals surface area contributed by atoms with Gasteiger partial charge in [0, 0.05) is 34.1 Å². The van der Waals surface area contributed by atoms with Crippen LogP contribution in [0.2, 0.25) is 0 Å². The molecule has 1 aromatic heterocycles. The molecule has 0 radical (unpaired) electrons. The molecule has 0 fully saturated rings. The summed E-state index contributed by atoms with van der Waals surface area (Å²) in [6.07, 6.45) is 2.09. The number of nitrogens with zero attached hydrogens (tertiary/aromatic N) is 1. The second-order valence-electron chi connectivity index (χ2n) is 6.29. The Morgan fingerprint density at radius 2 is 1.20 bits per heavy atom. The van der Waals surface area contributed by atoms with Gasteiger partial charge in [-0.05, 0) is 57.3 Å². The second kappa shape index (κ2) is 5.68. The molecule has 0 bridgehead atoms. The zero-order chi connectivity index (χ0) is 16.8. The van der Waals surface area contributed by atoms with Crippen LogP contribution in [0.5, 0.6) is 0 Å². The van der Waals surface area contributed by atoms with Crippen molar-refractivity contribution < 1.29 is 4.57 Å². The van der Waals surface area contributed by atoms with Crippen LogP contribution in [0.3, 0.4) is 0 Å². The highest BCUT2D eigenvalue weighted by atomic mass is 79.9. The molecule has 0 aliphatic carbocycles. The van der Waals surface area contributed by atoms with Crippen LogP contribution < -0.4 is 4.57 Å². The molecule has 1 heterocycles. The number of benzene rings is 4. The van der Waals surface area contributed by atoms with Crippen LogP contribution in [0.15, 0.2) is 95.7 Å². The Kier molecular flexibility index (Phi) is 3.32. The number of hydrogen-bond donors (Lipinski definition) is 0. The summed E-state index contributed by atoms with van der Waals surface area (Å²) in [4.78, 5) is 0. The number of halogens is 1. The van der Waals surface area contributed by atoms with Crippen molar-refractivity contribution in [3.8, 4) is 5.69 Å². The molecule has 0 N–H and O–H groups in total. The first-order valence-corrected chi connectivity index (χ1v) is 9.11. The molecule has 0 aliphatic heterocycles. The smallest absolute Gasteiger partial charge is 0.154 e. The fraction of sp³-hybridized carbons (Fsp3) is 0. The van der Waals surface area contributed by atoms with Crippen molar-refractivity contribution in [1.29, 1.82) is 0 Å². The monoisotopic (exact) mass is 384 g/mol. The predicted molar refractivity (Wildman–Crippen MR) is 108 cm³/mol. The van der Waals surface area contributed by atoms with E-state index in [1.54, 1.807) is 0 Å². The van der Waals surface area contributed by atoms with Gasteiger partial charge in [0.15, 0.2) is 6.20 Å². The first kappa shape index (κ1) is 14.6. The Labute approximate surface area is 154 Å². The van der Waals surface area contributed by atoms with E-state index in [4.69, 9.17) is 0 Å². The molecule has 4 aromatic carbocycles. The summed E-state index contributed by atoms with van der Waals surface area (Å²) < 4.78 is 3.22. The van der Waals surface area contributed by atoms with Crippen LogP contribution >= 0.6 is 15.9 Å². The van der Waals surface area contributed by atoms with E-state index < -0.39 is 0 Å². The van der Waals surface area contributed by atoms with Gasteiger partial charge in [0.05, 0.1) is 5.39 Å². The molecular formula is C23H15BrN+. The molecular weight excluding hydrogens is 370 g/mol.